The lowest BCUT2D eigenvalue weighted by Crippen LogP contribution is -2.17. The van der Waals surface area contributed by atoms with Crippen molar-refractivity contribution in [2.75, 3.05) is 6.61 Å². The Morgan fingerprint density at radius 2 is 2.06 bits per heavy atom. The van der Waals surface area contributed by atoms with E-state index < -0.39 is 0 Å². The van der Waals surface area contributed by atoms with Gasteiger partial charge in [-0.3, -0.25) is 4.79 Å². The molecule has 162 valence electrons. The van der Waals surface area contributed by atoms with Gasteiger partial charge in [-0.15, -0.1) is 0 Å². The van der Waals surface area contributed by atoms with Crippen LogP contribution in [0.25, 0.3) is 10.9 Å². The number of H-pyrrole nitrogens is 1. The highest BCUT2D eigenvalue weighted by Crippen LogP contribution is 2.34. The Labute approximate surface area is 191 Å². The molecule has 5 nitrogen and oxygen atoms in total. The molecule has 1 heterocycles. The van der Waals surface area contributed by atoms with Crippen LogP contribution in [-0.2, 0) is 12.8 Å². The third-order valence-corrected chi connectivity index (χ3v) is 6.11. The van der Waals surface area contributed by atoms with Crippen LogP contribution >= 0.6 is 23.2 Å². The van der Waals surface area contributed by atoms with Gasteiger partial charge in [-0.25, -0.2) is 5.43 Å². The van der Waals surface area contributed by atoms with Crippen molar-refractivity contribution in [3.63, 3.8) is 0 Å². The normalized spacial score (nSPS) is 15.9. The summed E-state index contributed by atoms with van der Waals surface area (Å²) in [5, 5.41) is 6.01. The fourth-order valence-corrected chi connectivity index (χ4v) is 4.57. The van der Waals surface area contributed by atoms with Crippen LogP contribution in [0.3, 0.4) is 0 Å². The number of aryl methyl sites for hydroxylation is 1. The molecule has 0 saturated heterocycles. The Morgan fingerprint density at radius 1 is 1.29 bits per heavy atom. The molecule has 0 radical (unpaired) electrons. The molecule has 31 heavy (non-hydrogen) atoms. The molecule has 4 rings (SSSR count). The lowest BCUT2D eigenvalue weighted by atomic mass is 9.87. The highest BCUT2D eigenvalue weighted by atomic mass is 35.5. The van der Waals surface area contributed by atoms with Crippen LogP contribution in [0.15, 0.2) is 35.4 Å². The van der Waals surface area contributed by atoms with Crippen molar-refractivity contribution in [3.05, 3.63) is 62.8 Å². The minimum absolute atomic E-state index is 0.267. The summed E-state index contributed by atoms with van der Waals surface area (Å²) in [6, 6.07) is 9.12. The van der Waals surface area contributed by atoms with E-state index >= 15 is 0 Å². The van der Waals surface area contributed by atoms with Crippen molar-refractivity contribution in [1.82, 2.24) is 10.4 Å². The van der Waals surface area contributed by atoms with Gasteiger partial charge in [0.2, 0.25) is 0 Å². The third-order valence-electron chi connectivity index (χ3n) is 5.55. The van der Waals surface area contributed by atoms with E-state index in [0.29, 0.717) is 39.4 Å². The van der Waals surface area contributed by atoms with Gasteiger partial charge >= 0.3 is 0 Å². The van der Waals surface area contributed by atoms with Gasteiger partial charge in [0.15, 0.2) is 5.75 Å². The summed E-state index contributed by atoms with van der Waals surface area (Å²) >= 11 is 12.5. The van der Waals surface area contributed by atoms with Crippen LogP contribution in [0.5, 0.6) is 5.75 Å². The lowest BCUT2D eigenvalue weighted by molar-refractivity contribution is 0.0955. The predicted molar refractivity (Wildman–Crippen MR) is 127 cm³/mol. The average molecular weight is 458 g/mol. The maximum Gasteiger partial charge on any atom is 0.271 e. The molecule has 0 saturated carbocycles. The SMILES string of the molecule is CCCOc1c(Cl)cc(/C=N\NC(=O)c2ccc3[nH]c4c(c3c2)CC(C)CC4)cc1Cl. The maximum absolute atomic E-state index is 12.6. The van der Waals surface area contributed by atoms with Gasteiger partial charge < -0.3 is 9.72 Å². The number of nitrogens with one attached hydrogen (secondary N) is 2. The molecule has 1 aromatic heterocycles. The highest BCUT2D eigenvalue weighted by Gasteiger charge is 2.20. The molecule has 1 unspecified atom stereocenters. The molecule has 1 atom stereocenters. The van der Waals surface area contributed by atoms with Crippen molar-refractivity contribution in [2.24, 2.45) is 11.0 Å². The Balaban J connectivity index is 1.48. The molecule has 7 heteroatoms. The van der Waals surface area contributed by atoms with Crippen molar-refractivity contribution in [1.29, 1.82) is 0 Å². The zero-order chi connectivity index (χ0) is 22.0. The topological polar surface area (TPSA) is 66.5 Å². The summed E-state index contributed by atoms with van der Waals surface area (Å²) in [6.45, 7) is 4.82. The molecule has 3 aromatic rings. The van der Waals surface area contributed by atoms with Crippen molar-refractivity contribution in [3.8, 4) is 5.75 Å². The molecular formula is C24H25Cl2N3O2. The number of nitrogens with zero attached hydrogens (tertiary/aromatic N) is 1. The fourth-order valence-electron chi connectivity index (χ4n) is 3.96. The van der Waals surface area contributed by atoms with E-state index in [1.165, 1.54) is 23.9 Å². The largest absolute Gasteiger partial charge is 0.490 e. The van der Waals surface area contributed by atoms with E-state index in [0.717, 1.165) is 30.2 Å². The number of rotatable bonds is 6. The second kappa shape index (κ2) is 9.33. The van der Waals surface area contributed by atoms with E-state index in [-0.39, 0.29) is 5.91 Å². The number of carbonyl (C=O) groups is 1. The molecule has 0 spiro atoms. The average Bonchev–Trinajstić information content (AvgIpc) is 3.10. The van der Waals surface area contributed by atoms with Crippen molar-refractivity contribution < 1.29 is 9.53 Å². The number of benzene rings is 2. The van der Waals surface area contributed by atoms with E-state index in [9.17, 15) is 4.79 Å². The molecule has 0 aliphatic heterocycles. The molecular weight excluding hydrogens is 433 g/mol. The molecule has 2 N–H and O–H groups in total. The van der Waals surface area contributed by atoms with Gasteiger partial charge in [0.05, 0.1) is 22.9 Å². The van der Waals surface area contributed by atoms with Gasteiger partial charge in [0.1, 0.15) is 0 Å². The number of carbonyl (C=O) groups excluding carboxylic acids is 1. The molecule has 1 amide bonds. The second-order valence-electron chi connectivity index (χ2n) is 8.05. The van der Waals surface area contributed by atoms with Crippen LogP contribution in [0.4, 0.5) is 0 Å². The predicted octanol–water partition coefficient (Wildman–Crippen LogP) is 6.15. The number of aromatic amines is 1. The van der Waals surface area contributed by atoms with Crippen LogP contribution in [0.1, 0.15) is 53.9 Å². The van der Waals surface area contributed by atoms with Gasteiger partial charge in [-0.1, -0.05) is 37.0 Å². The van der Waals surface area contributed by atoms with E-state index in [4.69, 9.17) is 27.9 Å². The zero-order valence-electron chi connectivity index (χ0n) is 17.6. The summed E-state index contributed by atoms with van der Waals surface area (Å²) in [6.07, 6.45) is 5.67. The summed E-state index contributed by atoms with van der Waals surface area (Å²) in [7, 11) is 0. The first-order valence-corrected chi connectivity index (χ1v) is 11.3. The van der Waals surface area contributed by atoms with Crippen LogP contribution in [-0.4, -0.2) is 23.7 Å². The third kappa shape index (κ3) is 4.73. The maximum atomic E-state index is 12.6. The van der Waals surface area contributed by atoms with E-state index in [1.54, 1.807) is 12.1 Å². The van der Waals surface area contributed by atoms with Crippen molar-refractivity contribution in [2.45, 2.75) is 39.5 Å². The second-order valence-corrected chi connectivity index (χ2v) is 8.87. The summed E-state index contributed by atoms with van der Waals surface area (Å²) in [5.74, 6) is 0.854. The Bertz CT molecular complexity index is 1130. The minimum atomic E-state index is -0.267. The van der Waals surface area contributed by atoms with Crippen LogP contribution in [0.2, 0.25) is 10.0 Å². The van der Waals surface area contributed by atoms with Crippen LogP contribution in [0, 0.1) is 5.92 Å². The number of hydrogen-bond acceptors (Lipinski definition) is 3. The first kappa shape index (κ1) is 21.7. The molecule has 2 aromatic carbocycles. The van der Waals surface area contributed by atoms with Gasteiger partial charge in [0, 0.05) is 22.2 Å². The zero-order valence-corrected chi connectivity index (χ0v) is 19.1. The van der Waals surface area contributed by atoms with Gasteiger partial charge in [-0.05, 0) is 73.1 Å². The number of fused-ring (bicyclic) bond motifs is 3. The lowest BCUT2D eigenvalue weighted by Gasteiger charge is -2.18. The highest BCUT2D eigenvalue weighted by molar-refractivity contribution is 6.37. The van der Waals surface area contributed by atoms with Crippen molar-refractivity contribution >= 4 is 46.2 Å². The molecule has 1 aliphatic carbocycles. The Kier molecular flexibility index (Phi) is 6.54. The summed E-state index contributed by atoms with van der Waals surface area (Å²) in [4.78, 5) is 16.1. The van der Waals surface area contributed by atoms with Gasteiger partial charge in [0.25, 0.3) is 5.91 Å². The van der Waals surface area contributed by atoms with E-state index in [1.807, 2.05) is 25.1 Å². The summed E-state index contributed by atoms with van der Waals surface area (Å²) in [5.41, 5.74) is 7.53. The molecule has 0 fully saturated rings. The Morgan fingerprint density at radius 3 is 2.81 bits per heavy atom. The quantitative estimate of drug-likeness (QED) is 0.344. The fraction of sp³-hybridized carbons (Fsp3) is 0.333. The molecule has 1 aliphatic rings. The number of hydrogen-bond donors (Lipinski definition) is 2. The smallest absolute Gasteiger partial charge is 0.271 e. The standard InChI is InChI=1S/C24H25Cl2N3O2/c1-3-8-31-23-19(25)10-15(11-20(23)26)13-27-29-24(30)16-5-7-22-18(12-16)17-9-14(2)4-6-21(17)28-22/h5,7,10-14,28H,3-4,6,8-9H2,1-2H3,(H,29,30)/b27-13-. The van der Waals surface area contributed by atoms with Crippen LogP contribution < -0.4 is 10.2 Å². The number of aromatic nitrogens is 1. The number of amides is 1. The minimum Gasteiger partial charge on any atom is -0.490 e. The molecule has 0 bridgehead atoms. The first-order valence-electron chi connectivity index (χ1n) is 10.5. The van der Waals surface area contributed by atoms with Gasteiger partial charge in [-0.2, -0.15) is 5.10 Å². The number of ether oxygens (including phenoxy) is 1. The number of halogens is 2. The number of hydrazone groups is 1. The first-order chi connectivity index (χ1) is 15.0. The summed E-state index contributed by atoms with van der Waals surface area (Å²) < 4.78 is 5.57. The monoisotopic (exact) mass is 457 g/mol. The Hall–Kier alpha value is -2.50. The van der Waals surface area contributed by atoms with E-state index in [2.05, 4.69) is 22.4 Å².